The van der Waals surface area contributed by atoms with Crippen molar-refractivity contribution in [3.05, 3.63) is 200 Å². The summed E-state index contributed by atoms with van der Waals surface area (Å²) in [6.07, 6.45) is 0. The summed E-state index contributed by atoms with van der Waals surface area (Å²) in [5, 5.41) is 7.25. The zero-order valence-electron chi connectivity index (χ0n) is 29.4. The van der Waals surface area contributed by atoms with Gasteiger partial charge in [-0.1, -0.05) is 170 Å². The second kappa shape index (κ2) is 13.4. The molecule has 0 amide bonds. The van der Waals surface area contributed by atoms with Gasteiger partial charge < -0.3 is 0 Å². The van der Waals surface area contributed by atoms with Gasteiger partial charge in [-0.25, -0.2) is 15.0 Å². The molecule has 0 radical (unpaired) electrons. The van der Waals surface area contributed by atoms with Crippen molar-refractivity contribution < 1.29 is 0 Å². The van der Waals surface area contributed by atoms with Crippen LogP contribution in [0.2, 0.25) is 0 Å². The van der Waals surface area contributed by atoms with Crippen molar-refractivity contribution in [2.24, 2.45) is 0 Å². The van der Waals surface area contributed by atoms with Crippen LogP contribution in [0.25, 0.3) is 99.9 Å². The summed E-state index contributed by atoms with van der Waals surface area (Å²) in [4.78, 5) is 14.8. The second-order valence-electron chi connectivity index (χ2n) is 13.7. The van der Waals surface area contributed by atoms with Crippen molar-refractivity contribution in [1.29, 1.82) is 0 Å². The van der Waals surface area contributed by atoms with E-state index in [2.05, 4.69) is 140 Å². The summed E-state index contributed by atoms with van der Waals surface area (Å²) in [5.74, 6) is 1.97. The van der Waals surface area contributed by atoms with E-state index in [1.54, 1.807) is 0 Å². The molecule has 0 fully saturated rings. The third-order valence-electron chi connectivity index (χ3n) is 10.3. The zero-order chi connectivity index (χ0) is 35.8. The molecule has 0 bridgehead atoms. The van der Waals surface area contributed by atoms with E-state index in [0.717, 1.165) is 22.1 Å². The molecule has 0 aliphatic carbocycles. The van der Waals surface area contributed by atoms with Gasteiger partial charge in [-0.15, -0.1) is 0 Å². The Hall–Kier alpha value is -7.23. The minimum absolute atomic E-state index is 0.652. The maximum atomic E-state index is 4.96. The number of rotatable bonds is 6. The zero-order valence-corrected chi connectivity index (χ0v) is 29.4. The molecule has 0 saturated heterocycles. The molecule has 1 heterocycles. The fourth-order valence-corrected chi connectivity index (χ4v) is 7.45. The Morgan fingerprint density at radius 1 is 0.222 bits per heavy atom. The summed E-state index contributed by atoms with van der Waals surface area (Å²) < 4.78 is 0. The highest BCUT2D eigenvalue weighted by Gasteiger charge is 2.13. The summed E-state index contributed by atoms with van der Waals surface area (Å²) in [7, 11) is 0. The van der Waals surface area contributed by atoms with Gasteiger partial charge in [0.25, 0.3) is 0 Å². The average Bonchev–Trinajstić information content (AvgIpc) is 3.26. The number of aromatic nitrogens is 3. The van der Waals surface area contributed by atoms with Crippen molar-refractivity contribution in [2.75, 3.05) is 0 Å². The molecule has 1 aromatic heterocycles. The molecule has 54 heavy (non-hydrogen) atoms. The van der Waals surface area contributed by atoms with Gasteiger partial charge in [0.05, 0.1) is 0 Å². The molecule has 0 atom stereocenters. The first kappa shape index (κ1) is 31.5. The molecule has 0 aliphatic rings. The van der Waals surface area contributed by atoms with Gasteiger partial charge in [-0.3, -0.25) is 0 Å². The van der Waals surface area contributed by atoms with Crippen molar-refractivity contribution in [3.8, 4) is 67.5 Å². The Morgan fingerprint density at radius 3 is 1.30 bits per heavy atom. The molecule has 3 nitrogen and oxygen atoms in total. The van der Waals surface area contributed by atoms with E-state index in [4.69, 9.17) is 15.0 Å². The highest BCUT2D eigenvalue weighted by molar-refractivity contribution is 5.98. The fourth-order valence-electron chi connectivity index (χ4n) is 7.45. The van der Waals surface area contributed by atoms with E-state index in [1.165, 1.54) is 60.3 Å². The van der Waals surface area contributed by atoms with Crippen LogP contribution in [0.5, 0.6) is 0 Å². The van der Waals surface area contributed by atoms with Crippen molar-refractivity contribution in [2.45, 2.75) is 0 Å². The van der Waals surface area contributed by atoms with Crippen LogP contribution in [-0.4, -0.2) is 15.0 Å². The lowest BCUT2D eigenvalue weighted by Crippen LogP contribution is -2.00. The van der Waals surface area contributed by atoms with E-state index in [-0.39, 0.29) is 0 Å². The molecule has 0 unspecified atom stereocenters. The first-order valence-electron chi connectivity index (χ1n) is 18.3. The highest BCUT2D eigenvalue weighted by atomic mass is 15.0. The number of nitrogens with zero attached hydrogens (tertiary/aromatic N) is 3. The molecule has 9 aromatic carbocycles. The van der Waals surface area contributed by atoms with Gasteiger partial charge in [-0.05, 0) is 96.0 Å². The smallest absolute Gasteiger partial charge is 0.164 e. The fraction of sp³-hybridized carbons (Fsp3) is 0. The van der Waals surface area contributed by atoms with E-state index in [9.17, 15) is 0 Å². The van der Waals surface area contributed by atoms with Crippen LogP contribution in [0.1, 0.15) is 0 Å². The van der Waals surface area contributed by atoms with Gasteiger partial charge in [0.2, 0.25) is 0 Å². The molecule has 0 N–H and O–H groups in total. The van der Waals surface area contributed by atoms with Crippen molar-refractivity contribution in [1.82, 2.24) is 15.0 Å². The van der Waals surface area contributed by atoms with Crippen molar-refractivity contribution in [3.63, 3.8) is 0 Å². The topological polar surface area (TPSA) is 38.7 Å². The maximum Gasteiger partial charge on any atom is 0.164 e. The monoisotopic (exact) mass is 687 g/mol. The standard InChI is InChI=1S/C51H33N3/c1-3-12-36(13-4-1)49-52-50(37-14-5-2-6-15-37)54-51(53-49)45-28-22-34-21-23-43(32-46(34)33-45)42-27-26-40-29-39(24-25-41(40)30-42)38-17-9-18-44(31-38)48-20-10-16-35-11-7-8-19-47(35)48/h1-33H. The first-order chi connectivity index (χ1) is 26.7. The normalized spacial score (nSPS) is 11.3. The van der Waals surface area contributed by atoms with Gasteiger partial charge in [0.15, 0.2) is 17.5 Å². The summed E-state index contributed by atoms with van der Waals surface area (Å²) in [6, 6.07) is 70.9. The number of fused-ring (bicyclic) bond motifs is 3. The van der Waals surface area contributed by atoms with E-state index in [1.807, 2.05) is 60.7 Å². The molecule has 252 valence electrons. The van der Waals surface area contributed by atoms with Crippen LogP contribution >= 0.6 is 0 Å². The van der Waals surface area contributed by atoms with Crippen LogP contribution in [0, 0.1) is 0 Å². The van der Waals surface area contributed by atoms with E-state index < -0.39 is 0 Å². The van der Waals surface area contributed by atoms with Crippen LogP contribution in [0.15, 0.2) is 200 Å². The molecular formula is C51H33N3. The van der Waals surface area contributed by atoms with E-state index in [0.29, 0.717) is 17.5 Å². The lowest BCUT2D eigenvalue weighted by Gasteiger charge is -2.11. The highest BCUT2D eigenvalue weighted by Crippen LogP contribution is 2.35. The van der Waals surface area contributed by atoms with Gasteiger partial charge in [0, 0.05) is 16.7 Å². The predicted octanol–water partition coefficient (Wildman–Crippen LogP) is 13.3. The largest absolute Gasteiger partial charge is 0.208 e. The predicted molar refractivity (Wildman–Crippen MR) is 225 cm³/mol. The third-order valence-corrected chi connectivity index (χ3v) is 10.3. The second-order valence-corrected chi connectivity index (χ2v) is 13.7. The molecule has 0 saturated carbocycles. The summed E-state index contributed by atoms with van der Waals surface area (Å²) in [6.45, 7) is 0. The summed E-state index contributed by atoms with van der Waals surface area (Å²) >= 11 is 0. The van der Waals surface area contributed by atoms with Gasteiger partial charge in [-0.2, -0.15) is 0 Å². The molecule has 3 heteroatoms. The Bertz CT molecular complexity index is 2930. The van der Waals surface area contributed by atoms with Crippen molar-refractivity contribution >= 4 is 32.3 Å². The van der Waals surface area contributed by atoms with Crippen LogP contribution in [0.3, 0.4) is 0 Å². The average molecular weight is 688 g/mol. The van der Waals surface area contributed by atoms with Gasteiger partial charge >= 0.3 is 0 Å². The molecule has 0 spiro atoms. The van der Waals surface area contributed by atoms with Gasteiger partial charge in [0.1, 0.15) is 0 Å². The Labute approximate surface area is 313 Å². The quantitative estimate of drug-likeness (QED) is 0.175. The van der Waals surface area contributed by atoms with Crippen LogP contribution in [0.4, 0.5) is 0 Å². The van der Waals surface area contributed by atoms with E-state index >= 15 is 0 Å². The third kappa shape index (κ3) is 5.98. The number of hydrogen-bond donors (Lipinski definition) is 0. The van der Waals surface area contributed by atoms with Crippen LogP contribution in [-0.2, 0) is 0 Å². The molecular weight excluding hydrogens is 655 g/mol. The minimum atomic E-state index is 0.652. The lowest BCUT2D eigenvalue weighted by atomic mass is 9.93. The Kier molecular flexibility index (Phi) is 7.81. The number of benzene rings is 9. The molecule has 10 aromatic rings. The molecule has 10 rings (SSSR count). The van der Waals surface area contributed by atoms with Crippen LogP contribution < -0.4 is 0 Å². The minimum Gasteiger partial charge on any atom is -0.208 e. The molecule has 0 aliphatic heterocycles. The SMILES string of the molecule is c1ccc(-c2nc(-c3ccccc3)nc(-c3ccc4ccc(-c5ccc6cc(-c7cccc(-c8cccc9ccccc89)c7)ccc6c5)cc4c3)n2)cc1. The Morgan fingerprint density at radius 2 is 0.648 bits per heavy atom. The lowest BCUT2D eigenvalue weighted by molar-refractivity contribution is 1.07. The Balaban J connectivity index is 0.984. The number of hydrogen-bond acceptors (Lipinski definition) is 3. The maximum absolute atomic E-state index is 4.96. The first-order valence-corrected chi connectivity index (χ1v) is 18.3. The summed E-state index contributed by atoms with van der Waals surface area (Å²) in [5.41, 5.74) is 10.1.